The maximum Gasteiger partial charge on any atom is 0.472 e. The van der Waals surface area contributed by atoms with Crippen LogP contribution in [0.3, 0.4) is 0 Å². The molecule has 2 unspecified atom stereocenters. The minimum absolute atomic E-state index is 0.105. The SMILES string of the molecule is CCCCCCCCCCCC(=O)O[C@H](COC(=O)CCCCCCC)COP(=O)(O)OC[C@H](O)COP(=O)(O)OC[C@@H](COC(=O)CCCCCCCCCCCCCCCCCCC(C)C)OC(=O)CCCCCCCCCCCCCCCCCCC(C)C. The van der Waals surface area contributed by atoms with Gasteiger partial charge in [0.15, 0.2) is 12.2 Å². The second-order valence-electron chi connectivity index (χ2n) is 27.3. The summed E-state index contributed by atoms with van der Waals surface area (Å²) in [5.74, 6) is -0.511. The van der Waals surface area contributed by atoms with Gasteiger partial charge >= 0.3 is 39.5 Å². The van der Waals surface area contributed by atoms with Gasteiger partial charge in [0.2, 0.25) is 0 Å². The highest BCUT2D eigenvalue weighted by atomic mass is 31.2. The first-order valence-corrected chi connectivity index (χ1v) is 41.0. The Kier molecular flexibility index (Phi) is 63.7. The fourth-order valence-corrected chi connectivity index (χ4v) is 12.7. The summed E-state index contributed by atoms with van der Waals surface area (Å²) in [4.78, 5) is 72.3. The van der Waals surface area contributed by atoms with Crippen LogP contribution in [0.2, 0.25) is 0 Å². The van der Waals surface area contributed by atoms with E-state index < -0.39 is 97.5 Å². The first-order chi connectivity index (χ1) is 44.4. The Morgan fingerprint density at radius 3 is 0.739 bits per heavy atom. The van der Waals surface area contributed by atoms with Gasteiger partial charge in [0, 0.05) is 25.7 Å². The first-order valence-electron chi connectivity index (χ1n) is 38.0. The Hall–Kier alpha value is -1.94. The number of aliphatic hydroxyl groups excluding tert-OH is 1. The average molecular weight is 1350 g/mol. The van der Waals surface area contributed by atoms with Gasteiger partial charge in [-0.05, 0) is 37.5 Å². The molecule has 0 rings (SSSR count). The smallest absolute Gasteiger partial charge is 0.462 e. The van der Waals surface area contributed by atoms with Crippen LogP contribution in [0, 0.1) is 11.8 Å². The molecule has 5 atom stereocenters. The van der Waals surface area contributed by atoms with Crippen LogP contribution in [0.5, 0.6) is 0 Å². The number of phosphoric acid groups is 2. The predicted molar refractivity (Wildman–Crippen MR) is 372 cm³/mol. The topological polar surface area (TPSA) is 237 Å². The largest absolute Gasteiger partial charge is 0.472 e. The van der Waals surface area contributed by atoms with Gasteiger partial charge < -0.3 is 33.8 Å². The van der Waals surface area contributed by atoms with Crippen molar-refractivity contribution in [2.24, 2.45) is 11.8 Å². The molecule has 0 amide bonds. The molecule has 0 heterocycles. The summed E-state index contributed by atoms with van der Waals surface area (Å²) in [6.45, 7) is 9.53. The number of ether oxygens (including phenoxy) is 4. The van der Waals surface area contributed by atoms with Gasteiger partial charge in [-0.3, -0.25) is 37.3 Å². The second kappa shape index (κ2) is 65.0. The van der Waals surface area contributed by atoms with E-state index in [1.807, 2.05) is 0 Å². The van der Waals surface area contributed by atoms with Gasteiger partial charge in [0.1, 0.15) is 19.3 Å². The molecule has 0 aliphatic rings. The van der Waals surface area contributed by atoms with Crippen molar-refractivity contribution in [2.75, 3.05) is 39.6 Å². The van der Waals surface area contributed by atoms with E-state index in [1.165, 1.54) is 186 Å². The Labute approximate surface area is 562 Å². The van der Waals surface area contributed by atoms with Gasteiger partial charge in [-0.2, -0.15) is 0 Å². The van der Waals surface area contributed by atoms with Crippen molar-refractivity contribution >= 4 is 39.5 Å². The molecule has 92 heavy (non-hydrogen) atoms. The van der Waals surface area contributed by atoms with Crippen LogP contribution >= 0.6 is 15.6 Å². The van der Waals surface area contributed by atoms with Crippen molar-refractivity contribution in [3.8, 4) is 0 Å². The lowest BCUT2D eigenvalue weighted by molar-refractivity contribution is -0.161. The van der Waals surface area contributed by atoms with Crippen molar-refractivity contribution in [1.29, 1.82) is 0 Å². The summed E-state index contributed by atoms with van der Waals surface area (Å²) >= 11 is 0. The molecular formula is C73H142O17P2. The molecule has 0 fully saturated rings. The van der Waals surface area contributed by atoms with E-state index in [0.717, 1.165) is 108 Å². The average Bonchev–Trinajstić information content (AvgIpc) is 1.82. The van der Waals surface area contributed by atoms with E-state index in [4.69, 9.17) is 37.0 Å². The van der Waals surface area contributed by atoms with Crippen LogP contribution in [-0.4, -0.2) is 96.7 Å². The third kappa shape index (κ3) is 66.7. The lowest BCUT2D eigenvalue weighted by Crippen LogP contribution is -2.30. The maximum atomic E-state index is 13.1. The van der Waals surface area contributed by atoms with E-state index in [1.54, 1.807) is 0 Å². The molecule has 0 saturated heterocycles. The molecule has 0 saturated carbocycles. The molecule has 0 spiro atoms. The summed E-state index contributed by atoms with van der Waals surface area (Å²) in [5.41, 5.74) is 0. The van der Waals surface area contributed by atoms with Gasteiger partial charge in [0.25, 0.3) is 0 Å². The molecule has 0 aromatic rings. The molecule has 3 N–H and O–H groups in total. The molecular weight excluding hydrogens is 1210 g/mol. The van der Waals surface area contributed by atoms with E-state index in [9.17, 15) is 43.2 Å². The third-order valence-corrected chi connectivity index (χ3v) is 18.9. The van der Waals surface area contributed by atoms with E-state index in [-0.39, 0.29) is 25.7 Å². The lowest BCUT2D eigenvalue weighted by Gasteiger charge is -2.21. The minimum atomic E-state index is -4.95. The summed E-state index contributed by atoms with van der Waals surface area (Å²) < 4.78 is 68.1. The fraction of sp³-hybridized carbons (Fsp3) is 0.945. The minimum Gasteiger partial charge on any atom is -0.462 e. The molecule has 19 heteroatoms. The normalized spacial score (nSPS) is 14.1. The van der Waals surface area contributed by atoms with Crippen LogP contribution in [-0.2, 0) is 65.4 Å². The van der Waals surface area contributed by atoms with Crippen molar-refractivity contribution in [3.63, 3.8) is 0 Å². The van der Waals surface area contributed by atoms with E-state index in [2.05, 4.69) is 41.5 Å². The highest BCUT2D eigenvalue weighted by Crippen LogP contribution is 2.45. The highest BCUT2D eigenvalue weighted by Gasteiger charge is 2.30. The zero-order valence-electron chi connectivity index (χ0n) is 59.9. The molecule has 0 radical (unpaired) electrons. The zero-order chi connectivity index (χ0) is 67.9. The lowest BCUT2D eigenvalue weighted by atomic mass is 10.0. The zero-order valence-corrected chi connectivity index (χ0v) is 61.6. The maximum absolute atomic E-state index is 13.1. The van der Waals surface area contributed by atoms with Crippen LogP contribution in [0.1, 0.15) is 375 Å². The summed E-state index contributed by atoms with van der Waals surface area (Å²) in [6.07, 6.45) is 51.9. The Balaban J connectivity index is 5.11. The van der Waals surface area contributed by atoms with Gasteiger partial charge in [-0.1, -0.05) is 324 Å². The van der Waals surface area contributed by atoms with Crippen molar-refractivity contribution < 1.29 is 80.2 Å². The number of aliphatic hydroxyl groups is 1. The molecule has 0 bridgehead atoms. The van der Waals surface area contributed by atoms with Crippen LogP contribution in [0.25, 0.3) is 0 Å². The standard InChI is InChI=1S/C73H142O17P2/c1-7-9-11-13-14-31-39-45-51-57-72(77)89-68(61-83-70(75)55-49-41-12-10-8-2)63-87-91(79,80)85-59-67(74)60-86-92(81,82)88-64-69(90-73(78)58-52-46-40-35-30-26-22-18-16-20-24-28-33-37-43-48-54-66(5)6)62-84-71(76)56-50-44-38-34-29-25-21-17-15-19-23-27-32-36-42-47-53-65(3)4/h65-69,74H,7-64H2,1-6H3,(H,79,80)(H,81,82)/t67-,68+,69+/m0/s1. The molecule has 17 nitrogen and oxygen atoms in total. The number of rotatable bonds is 72. The second-order valence-corrected chi connectivity index (χ2v) is 30.2. The van der Waals surface area contributed by atoms with Crippen molar-refractivity contribution in [3.05, 3.63) is 0 Å². The number of unbranched alkanes of at least 4 members (excludes halogenated alkanes) is 42. The number of phosphoric ester groups is 2. The van der Waals surface area contributed by atoms with E-state index in [0.29, 0.717) is 25.7 Å². The first kappa shape index (κ1) is 90.1. The fourth-order valence-electron chi connectivity index (χ4n) is 11.1. The molecule has 0 aromatic heterocycles. The summed E-state index contributed by atoms with van der Waals surface area (Å²) in [7, 11) is -9.89. The molecule has 0 aliphatic carbocycles. The van der Waals surface area contributed by atoms with Crippen LogP contribution < -0.4 is 0 Å². The number of esters is 4. The summed E-state index contributed by atoms with van der Waals surface area (Å²) in [5, 5.41) is 10.6. The number of hydrogen-bond acceptors (Lipinski definition) is 15. The molecule has 0 aromatic carbocycles. The monoisotopic (exact) mass is 1350 g/mol. The van der Waals surface area contributed by atoms with Crippen molar-refractivity contribution in [2.45, 2.75) is 394 Å². The van der Waals surface area contributed by atoms with Gasteiger partial charge in [-0.25, -0.2) is 9.13 Å². The number of hydrogen-bond donors (Lipinski definition) is 3. The summed E-state index contributed by atoms with van der Waals surface area (Å²) in [6, 6.07) is 0. The highest BCUT2D eigenvalue weighted by molar-refractivity contribution is 7.47. The number of carbonyl (C=O) groups excluding carboxylic acids is 4. The predicted octanol–water partition coefficient (Wildman–Crippen LogP) is 21.2. The van der Waals surface area contributed by atoms with Crippen LogP contribution in [0.15, 0.2) is 0 Å². The Morgan fingerprint density at radius 2 is 0.500 bits per heavy atom. The Morgan fingerprint density at radius 1 is 0.293 bits per heavy atom. The third-order valence-electron chi connectivity index (χ3n) is 17.0. The van der Waals surface area contributed by atoms with Crippen LogP contribution in [0.4, 0.5) is 0 Å². The van der Waals surface area contributed by atoms with Crippen molar-refractivity contribution in [1.82, 2.24) is 0 Å². The molecule has 0 aliphatic heterocycles. The van der Waals surface area contributed by atoms with Gasteiger partial charge in [-0.15, -0.1) is 0 Å². The quantitative estimate of drug-likeness (QED) is 0.0222. The van der Waals surface area contributed by atoms with Gasteiger partial charge in [0.05, 0.1) is 26.4 Å². The molecule has 546 valence electrons. The number of carbonyl (C=O) groups is 4. The van der Waals surface area contributed by atoms with E-state index >= 15 is 0 Å². The Bertz CT molecular complexity index is 1790.